The van der Waals surface area contributed by atoms with Crippen LogP contribution < -0.4 is 10.6 Å². The fraction of sp³-hybridized carbons (Fsp3) is 0.600. The molecular weight excluding hydrogens is 316 g/mol. The van der Waals surface area contributed by atoms with Crippen LogP contribution in [0.25, 0.3) is 0 Å². The van der Waals surface area contributed by atoms with Crippen molar-refractivity contribution in [3.8, 4) is 0 Å². The van der Waals surface area contributed by atoms with Crippen LogP contribution in [0.3, 0.4) is 0 Å². The normalized spacial score (nSPS) is 21.6. The number of carbonyl (C=O) groups is 2. The molecule has 3 N–H and O–H groups in total. The second-order valence-corrected chi connectivity index (χ2v) is 7.38. The number of aliphatic hydroxyl groups excluding tert-OH is 1. The number of benzene rings is 1. The third-order valence-electron chi connectivity index (χ3n) is 4.79. The number of carbonyl (C=O) groups excluding carboxylic acids is 2. The van der Waals surface area contributed by atoms with E-state index in [0.29, 0.717) is 12.5 Å². The molecule has 3 atom stereocenters. The van der Waals surface area contributed by atoms with Gasteiger partial charge in [0.25, 0.3) is 0 Å². The summed E-state index contributed by atoms with van der Waals surface area (Å²) in [6.07, 6.45) is 3.66. The summed E-state index contributed by atoms with van der Waals surface area (Å²) in [7, 11) is 0. The van der Waals surface area contributed by atoms with Gasteiger partial charge in [0, 0.05) is 6.54 Å². The zero-order valence-corrected chi connectivity index (χ0v) is 15.2. The van der Waals surface area contributed by atoms with E-state index in [-0.39, 0.29) is 30.3 Å². The van der Waals surface area contributed by atoms with Crippen molar-refractivity contribution in [3.05, 3.63) is 35.9 Å². The van der Waals surface area contributed by atoms with Gasteiger partial charge in [0.05, 0.1) is 12.5 Å². The maximum absolute atomic E-state index is 12.5. The molecular formula is C20H30N2O3. The standard InChI is InChI=1S/C20H30N2O3/c1-14(2)19(22-18(24)12-15-7-4-3-5-8-15)20(25)21-13-16-9-6-10-17(23)11-16/h3-5,7-8,14,16-17,19,23H,6,9-13H2,1-2H3,(H,21,25)(H,22,24). The van der Waals surface area contributed by atoms with E-state index in [4.69, 9.17) is 0 Å². The first kappa shape index (κ1) is 19.4. The first-order chi connectivity index (χ1) is 12.0. The number of rotatable bonds is 7. The predicted molar refractivity (Wildman–Crippen MR) is 97.9 cm³/mol. The van der Waals surface area contributed by atoms with Crippen molar-refractivity contribution in [2.24, 2.45) is 11.8 Å². The Kier molecular flexibility index (Phi) is 7.44. The van der Waals surface area contributed by atoms with Crippen LogP contribution in [-0.2, 0) is 16.0 Å². The molecule has 0 saturated heterocycles. The minimum atomic E-state index is -0.537. The lowest BCUT2D eigenvalue weighted by Crippen LogP contribution is -2.51. The number of hydrogen-bond acceptors (Lipinski definition) is 3. The summed E-state index contributed by atoms with van der Waals surface area (Å²) in [6.45, 7) is 4.42. The van der Waals surface area contributed by atoms with Gasteiger partial charge in [-0.2, -0.15) is 0 Å². The first-order valence-corrected chi connectivity index (χ1v) is 9.24. The van der Waals surface area contributed by atoms with Crippen LogP contribution in [0.1, 0.15) is 45.1 Å². The highest BCUT2D eigenvalue weighted by molar-refractivity contribution is 5.88. The Hall–Kier alpha value is -1.88. The second kappa shape index (κ2) is 9.56. The van der Waals surface area contributed by atoms with Crippen molar-refractivity contribution < 1.29 is 14.7 Å². The lowest BCUT2D eigenvalue weighted by molar-refractivity contribution is -0.130. The largest absolute Gasteiger partial charge is 0.393 e. The average molecular weight is 346 g/mol. The molecule has 1 aliphatic rings. The summed E-state index contributed by atoms with van der Waals surface area (Å²) in [6, 6.07) is 8.97. The summed E-state index contributed by atoms with van der Waals surface area (Å²) >= 11 is 0. The van der Waals surface area contributed by atoms with Crippen LogP contribution in [-0.4, -0.2) is 35.6 Å². The predicted octanol–water partition coefficient (Wildman–Crippen LogP) is 2.04. The smallest absolute Gasteiger partial charge is 0.242 e. The molecule has 3 unspecified atom stereocenters. The molecule has 0 bridgehead atoms. The van der Waals surface area contributed by atoms with E-state index < -0.39 is 6.04 Å². The van der Waals surface area contributed by atoms with Gasteiger partial charge in [0.15, 0.2) is 0 Å². The van der Waals surface area contributed by atoms with Gasteiger partial charge < -0.3 is 15.7 Å². The topological polar surface area (TPSA) is 78.4 Å². The van der Waals surface area contributed by atoms with Crippen LogP contribution >= 0.6 is 0 Å². The molecule has 2 rings (SSSR count). The highest BCUT2D eigenvalue weighted by Gasteiger charge is 2.26. The Morgan fingerprint density at radius 1 is 1.20 bits per heavy atom. The van der Waals surface area contributed by atoms with Gasteiger partial charge in [-0.05, 0) is 36.7 Å². The molecule has 0 heterocycles. The van der Waals surface area contributed by atoms with Gasteiger partial charge in [-0.3, -0.25) is 9.59 Å². The van der Waals surface area contributed by atoms with Gasteiger partial charge in [-0.25, -0.2) is 0 Å². The number of amides is 2. The van der Waals surface area contributed by atoms with Crippen molar-refractivity contribution >= 4 is 11.8 Å². The molecule has 1 aliphatic carbocycles. The summed E-state index contributed by atoms with van der Waals surface area (Å²) in [5, 5.41) is 15.6. The lowest BCUT2D eigenvalue weighted by Gasteiger charge is -2.27. The molecule has 5 heteroatoms. The van der Waals surface area contributed by atoms with Crippen LogP contribution in [0.15, 0.2) is 30.3 Å². The molecule has 138 valence electrons. The van der Waals surface area contributed by atoms with Crippen LogP contribution in [0.4, 0.5) is 0 Å². The molecule has 2 amide bonds. The monoisotopic (exact) mass is 346 g/mol. The molecule has 1 aromatic carbocycles. The van der Waals surface area contributed by atoms with Crippen molar-refractivity contribution in [2.45, 2.75) is 58.1 Å². The van der Waals surface area contributed by atoms with E-state index in [0.717, 1.165) is 31.2 Å². The van der Waals surface area contributed by atoms with Crippen LogP contribution in [0.5, 0.6) is 0 Å². The molecule has 1 saturated carbocycles. The minimum Gasteiger partial charge on any atom is -0.393 e. The number of aliphatic hydroxyl groups is 1. The van der Waals surface area contributed by atoms with E-state index in [1.54, 1.807) is 0 Å². The third kappa shape index (κ3) is 6.50. The van der Waals surface area contributed by atoms with E-state index in [1.807, 2.05) is 44.2 Å². The zero-order chi connectivity index (χ0) is 18.2. The van der Waals surface area contributed by atoms with Crippen molar-refractivity contribution in [1.82, 2.24) is 10.6 Å². The quantitative estimate of drug-likeness (QED) is 0.707. The highest BCUT2D eigenvalue weighted by atomic mass is 16.3. The average Bonchev–Trinajstić information content (AvgIpc) is 2.58. The number of nitrogens with one attached hydrogen (secondary N) is 2. The summed E-state index contributed by atoms with van der Waals surface area (Å²) in [4.78, 5) is 24.8. The van der Waals surface area contributed by atoms with E-state index in [1.165, 1.54) is 0 Å². The maximum atomic E-state index is 12.5. The molecule has 0 radical (unpaired) electrons. The van der Waals surface area contributed by atoms with Gasteiger partial charge in [-0.1, -0.05) is 50.6 Å². The fourth-order valence-corrected chi connectivity index (χ4v) is 3.34. The minimum absolute atomic E-state index is 0.0108. The van der Waals surface area contributed by atoms with Gasteiger partial charge in [-0.15, -0.1) is 0 Å². The Morgan fingerprint density at radius 2 is 1.92 bits per heavy atom. The molecule has 25 heavy (non-hydrogen) atoms. The number of hydrogen-bond donors (Lipinski definition) is 3. The third-order valence-corrected chi connectivity index (χ3v) is 4.79. The Balaban J connectivity index is 1.84. The molecule has 0 aromatic heterocycles. The van der Waals surface area contributed by atoms with Gasteiger partial charge in [0.2, 0.25) is 11.8 Å². The molecule has 0 aliphatic heterocycles. The summed E-state index contributed by atoms with van der Waals surface area (Å²) in [5.74, 6) is 0.0433. The Morgan fingerprint density at radius 3 is 2.56 bits per heavy atom. The molecule has 0 spiro atoms. The molecule has 5 nitrogen and oxygen atoms in total. The van der Waals surface area contributed by atoms with E-state index in [2.05, 4.69) is 10.6 Å². The fourth-order valence-electron chi connectivity index (χ4n) is 3.34. The Labute approximate surface area is 150 Å². The van der Waals surface area contributed by atoms with E-state index >= 15 is 0 Å². The molecule has 1 fully saturated rings. The lowest BCUT2D eigenvalue weighted by atomic mass is 9.87. The van der Waals surface area contributed by atoms with E-state index in [9.17, 15) is 14.7 Å². The summed E-state index contributed by atoms with van der Waals surface area (Å²) in [5.41, 5.74) is 0.930. The van der Waals surface area contributed by atoms with Crippen LogP contribution in [0.2, 0.25) is 0 Å². The maximum Gasteiger partial charge on any atom is 0.242 e. The second-order valence-electron chi connectivity index (χ2n) is 7.38. The highest BCUT2D eigenvalue weighted by Crippen LogP contribution is 2.23. The summed E-state index contributed by atoms with van der Waals surface area (Å²) < 4.78 is 0. The van der Waals surface area contributed by atoms with Crippen molar-refractivity contribution in [2.75, 3.05) is 6.54 Å². The van der Waals surface area contributed by atoms with Gasteiger partial charge in [0.1, 0.15) is 6.04 Å². The van der Waals surface area contributed by atoms with Crippen LogP contribution in [0, 0.1) is 11.8 Å². The first-order valence-electron chi connectivity index (χ1n) is 9.24. The van der Waals surface area contributed by atoms with Crippen molar-refractivity contribution in [3.63, 3.8) is 0 Å². The molecule has 1 aromatic rings. The zero-order valence-electron chi connectivity index (χ0n) is 15.2. The SMILES string of the molecule is CC(C)C(NC(=O)Cc1ccccc1)C(=O)NCC1CCCC(O)C1. The van der Waals surface area contributed by atoms with Crippen molar-refractivity contribution in [1.29, 1.82) is 0 Å². The van der Waals surface area contributed by atoms with Gasteiger partial charge >= 0.3 is 0 Å². The Bertz CT molecular complexity index is 559.